The first kappa shape index (κ1) is 12.8. The largest absolute Gasteiger partial charge is 0.484 e. The first-order valence-corrected chi connectivity index (χ1v) is 7.19. The summed E-state index contributed by atoms with van der Waals surface area (Å²) in [4.78, 5) is 20.3. The van der Waals surface area contributed by atoms with Gasteiger partial charge >= 0.3 is 0 Å². The van der Waals surface area contributed by atoms with Gasteiger partial charge in [0.25, 0.3) is 0 Å². The van der Waals surface area contributed by atoms with Gasteiger partial charge in [-0.25, -0.2) is 4.98 Å². The van der Waals surface area contributed by atoms with E-state index in [1.54, 1.807) is 18.5 Å². The molecule has 0 saturated carbocycles. The standard InChI is InChI=1S/C18H14N2O2/c21-16-13-8-4-5-9-14(13)22-17(12-6-2-1-3-7-12)15(16)18-19-10-11-20-18/h1-11,15,17H,(H,19,20). The second-order valence-electron chi connectivity index (χ2n) is 5.26. The van der Waals surface area contributed by atoms with Crippen molar-refractivity contribution in [2.24, 2.45) is 0 Å². The minimum atomic E-state index is -0.465. The maximum atomic E-state index is 13.0. The summed E-state index contributed by atoms with van der Waals surface area (Å²) in [7, 11) is 0. The number of nitrogens with one attached hydrogen (secondary N) is 1. The number of aromatic nitrogens is 2. The normalized spacial score (nSPS) is 20.3. The fourth-order valence-corrected chi connectivity index (χ4v) is 2.90. The SMILES string of the molecule is O=C1c2ccccc2OC(c2ccccc2)C1c1ncc[nH]1. The summed E-state index contributed by atoms with van der Waals surface area (Å²) in [5.41, 5.74) is 1.57. The highest BCUT2D eigenvalue weighted by atomic mass is 16.5. The number of H-pyrrole nitrogens is 1. The van der Waals surface area contributed by atoms with E-state index >= 15 is 0 Å². The van der Waals surface area contributed by atoms with Crippen molar-refractivity contribution in [2.45, 2.75) is 12.0 Å². The zero-order valence-electron chi connectivity index (χ0n) is 11.8. The molecule has 1 aliphatic rings. The van der Waals surface area contributed by atoms with Gasteiger partial charge in [0.2, 0.25) is 0 Å². The van der Waals surface area contributed by atoms with Gasteiger partial charge < -0.3 is 9.72 Å². The number of ketones is 1. The molecule has 0 fully saturated rings. The lowest BCUT2D eigenvalue weighted by Gasteiger charge is -2.31. The monoisotopic (exact) mass is 290 g/mol. The van der Waals surface area contributed by atoms with E-state index in [-0.39, 0.29) is 11.9 Å². The van der Waals surface area contributed by atoms with Crippen molar-refractivity contribution < 1.29 is 9.53 Å². The Morgan fingerprint density at radius 2 is 1.77 bits per heavy atom. The van der Waals surface area contributed by atoms with Crippen LogP contribution in [0.2, 0.25) is 0 Å². The van der Waals surface area contributed by atoms with Crippen molar-refractivity contribution in [2.75, 3.05) is 0 Å². The van der Waals surface area contributed by atoms with Crippen LogP contribution >= 0.6 is 0 Å². The third-order valence-corrected chi connectivity index (χ3v) is 3.93. The molecule has 0 amide bonds. The summed E-state index contributed by atoms with van der Waals surface area (Å²) in [6, 6.07) is 17.2. The summed E-state index contributed by atoms with van der Waals surface area (Å²) in [6.07, 6.45) is 3.01. The van der Waals surface area contributed by atoms with Gasteiger partial charge in [0, 0.05) is 12.4 Å². The Balaban J connectivity index is 1.86. The van der Waals surface area contributed by atoms with E-state index in [2.05, 4.69) is 9.97 Å². The molecule has 3 aromatic rings. The molecule has 1 aliphatic heterocycles. The molecule has 0 spiro atoms. The lowest BCUT2D eigenvalue weighted by molar-refractivity contribution is 0.0772. The molecule has 2 atom stereocenters. The van der Waals surface area contributed by atoms with E-state index in [0.717, 1.165) is 5.56 Å². The number of aromatic amines is 1. The molecule has 0 bridgehead atoms. The Hall–Kier alpha value is -2.88. The third kappa shape index (κ3) is 2.00. The average Bonchev–Trinajstić information content (AvgIpc) is 3.10. The lowest BCUT2D eigenvalue weighted by Crippen LogP contribution is -2.30. The number of carbonyl (C=O) groups is 1. The number of para-hydroxylation sites is 1. The first-order chi connectivity index (χ1) is 10.8. The van der Waals surface area contributed by atoms with Gasteiger partial charge in [0.15, 0.2) is 5.78 Å². The van der Waals surface area contributed by atoms with Crippen LogP contribution in [0.3, 0.4) is 0 Å². The van der Waals surface area contributed by atoms with E-state index < -0.39 is 5.92 Å². The zero-order valence-corrected chi connectivity index (χ0v) is 11.8. The molecule has 1 aromatic heterocycles. The number of hydrogen-bond acceptors (Lipinski definition) is 3. The number of fused-ring (bicyclic) bond motifs is 1. The number of hydrogen-bond donors (Lipinski definition) is 1. The number of nitrogens with zero attached hydrogens (tertiary/aromatic N) is 1. The van der Waals surface area contributed by atoms with Crippen LogP contribution in [0.15, 0.2) is 67.0 Å². The van der Waals surface area contributed by atoms with E-state index in [9.17, 15) is 4.79 Å². The maximum Gasteiger partial charge on any atom is 0.181 e. The Labute approximate surface area is 127 Å². The van der Waals surface area contributed by atoms with Crippen molar-refractivity contribution in [1.82, 2.24) is 9.97 Å². The van der Waals surface area contributed by atoms with Crippen LogP contribution in [-0.2, 0) is 0 Å². The first-order valence-electron chi connectivity index (χ1n) is 7.19. The summed E-state index contributed by atoms with van der Waals surface area (Å²) < 4.78 is 6.14. The van der Waals surface area contributed by atoms with E-state index in [4.69, 9.17) is 4.74 Å². The minimum Gasteiger partial charge on any atom is -0.484 e. The minimum absolute atomic E-state index is 0.0330. The summed E-state index contributed by atoms with van der Waals surface area (Å²) in [5.74, 6) is 0.829. The molecule has 108 valence electrons. The van der Waals surface area contributed by atoms with Gasteiger partial charge in [-0.05, 0) is 17.7 Å². The molecule has 22 heavy (non-hydrogen) atoms. The molecule has 0 radical (unpaired) electrons. The number of imidazole rings is 1. The molecular formula is C18H14N2O2. The third-order valence-electron chi connectivity index (χ3n) is 3.93. The van der Waals surface area contributed by atoms with Crippen LogP contribution in [0, 0.1) is 0 Å². The van der Waals surface area contributed by atoms with Crippen molar-refractivity contribution >= 4 is 5.78 Å². The Bertz CT molecular complexity index is 797. The molecule has 0 saturated heterocycles. The van der Waals surface area contributed by atoms with Crippen LogP contribution in [0.25, 0.3) is 0 Å². The van der Waals surface area contributed by atoms with Gasteiger partial charge in [-0.3, -0.25) is 4.79 Å². The zero-order chi connectivity index (χ0) is 14.9. The highest BCUT2D eigenvalue weighted by Crippen LogP contribution is 2.42. The molecular weight excluding hydrogens is 276 g/mol. The molecule has 2 unspecified atom stereocenters. The van der Waals surface area contributed by atoms with E-state index in [0.29, 0.717) is 17.1 Å². The van der Waals surface area contributed by atoms with Crippen molar-refractivity contribution in [1.29, 1.82) is 0 Å². The number of ether oxygens (including phenoxy) is 1. The van der Waals surface area contributed by atoms with Crippen LogP contribution < -0.4 is 4.74 Å². The van der Waals surface area contributed by atoms with Crippen LogP contribution in [0.5, 0.6) is 5.75 Å². The second kappa shape index (κ2) is 5.15. The molecule has 4 rings (SSSR count). The quantitative estimate of drug-likeness (QED) is 0.785. The Morgan fingerprint density at radius 1 is 1.00 bits per heavy atom. The lowest BCUT2D eigenvalue weighted by atomic mass is 9.85. The molecule has 0 aliphatic carbocycles. The fraction of sp³-hybridized carbons (Fsp3) is 0.111. The van der Waals surface area contributed by atoms with Crippen LogP contribution in [0.1, 0.15) is 33.8 Å². The number of Topliss-reactive ketones (excluding diaryl/α,β-unsaturated/α-hetero) is 1. The second-order valence-corrected chi connectivity index (χ2v) is 5.26. The van der Waals surface area contributed by atoms with Gasteiger partial charge in [0.1, 0.15) is 23.6 Å². The van der Waals surface area contributed by atoms with Gasteiger partial charge in [0.05, 0.1) is 5.56 Å². The average molecular weight is 290 g/mol. The van der Waals surface area contributed by atoms with Crippen molar-refractivity contribution in [3.63, 3.8) is 0 Å². The highest BCUT2D eigenvalue weighted by Gasteiger charge is 2.40. The molecule has 4 heteroatoms. The molecule has 1 N–H and O–H groups in total. The van der Waals surface area contributed by atoms with E-state index in [1.807, 2.05) is 48.5 Å². The number of benzene rings is 2. The summed E-state index contributed by atoms with van der Waals surface area (Å²) in [5, 5.41) is 0. The van der Waals surface area contributed by atoms with E-state index in [1.165, 1.54) is 0 Å². The Kier molecular flexibility index (Phi) is 3.00. The maximum absolute atomic E-state index is 13.0. The highest BCUT2D eigenvalue weighted by molar-refractivity contribution is 6.04. The molecule has 4 nitrogen and oxygen atoms in total. The smallest absolute Gasteiger partial charge is 0.181 e. The van der Waals surface area contributed by atoms with Crippen LogP contribution in [-0.4, -0.2) is 15.8 Å². The molecule has 2 heterocycles. The fourth-order valence-electron chi connectivity index (χ4n) is 2.90. The molecule has 2 aromatic carbocycles. The van der Waals surface area contributed by atoms with Crippen LogP contribution in [0.4, 0.5) is 0 Å². The van der Waals surface area contributed by atoms with Gasteiger partial charge in [-0.1, -0.05) is 42.5 Å². The predicted molar refractivity (Wildman–Crippen MR) is 81.9 cm³/mol. The summed E-state index contributed by atoms with van der Waals surface area (Å²) >= 11 is 0. The summed E-state index contributed by atoms with van der Waals surface area (Å²) in [6.45, 7) is 0. The van der Waals surface area contributed by atoms with Gasteiger partial charge in [-0.2, -0.15) is 0 Å². The number of rotatable bonds is 2. The number of carbonyl (C=O) groups excluding carboxylic acids is 1. The van der Waals surface area contributed by atoms with Gasteiger partial charge in [-0.15, -0.1) is 0 Å². The topological polar surface area (TPSA) is 55.0 Å². The van der Waals surface area contributed by atoms with Crippen molar-refractivity contribution in [3.8, 4) is 5.75 Å². The van der Waals surface area contributed by atoms with Crippen molar-refractivity contribution in [3.05, 3.63) is 83.9 Å². The predicted octanol–water partition coefficient (Wildman–Crippen LogP) is 3.51. The Morgan fingerprint density at radius 3 is 2.55 bits per heavy atom.